The topological polar surface area (TPSA) is 29.5 Å². The smallest absolute Gasteiger partial charge is 0.152 e. The summed E-state index contributed by atoms with van der Waals surface area (Å²) in [6, 6.07) is 0. The fourth-order valence-corrected chi connectivity index (χ4v) is 0.517. The van der Waals surface area contributed by atoms with E-state index in [0.717, 1.165) is 0 Å². The van der Waals surface area contributed by atoms with Crippen LogP contribution in [0.25, 0.3) is 0 Å². The van der Waals surface area contributed by atoms with Gasteiger partial charge in [-0.3, -0.25) is 0 Å². The minimum absolute atomic E-state index is 0.546. The van der Waals surface area contributed by atoms with Gasteiger partial charge in [0.25, 0.3) is 0 Å². The highest BCUT2D eigenvalue weighted by molar-refractivity contribution is 6.23. The molecule has 1 atom stereocenters. The molecule has 0 rings (SSSR count). The molecule has 0 aromatic rings. The van der Waals surface area contributed by atoms with Crippen LogP contribution in [0.2, 0.25) is 0 Å². The maximum Gasteiger partial charge on any atom is 0.152 e. The van der Waals surface area contributed by atoms with Gasteiger partial charge in [0, 0.05) is 0 Å². The molecule has 0 aromatic carbocycles. The first-order valence-corrected chi connectivity index (χ1v) is 3.22. The molecule has 0 saturated carbocycles. The van der Waals surface area contributed by atoms with E-state index in [1.165, 1.54) is 5.88 Å². The van der Waals surface area contributed by atoms with Crippen LogP contribution in [0.3, 0.4) is 0 Å². The van der Waals surface area contributed by atoms with E-state index in [1.54, 1.807) is 20.8 Å². The van der Waals surface area contributed by atoms with Gasteiger partial charge in [-0.25, -0.2) is 0 Å². The number of aliphatic hydroxyl groups excluding tert-OH is 1. The third-order valence-corrected chi connectivity index (χ3v) is 1.26. The number of halogens is 1. The van der Waals surface area contributed by atoms with Crippen molar-refractivity contribution in [3.63, 3.8) is 0 Å². The molecule has 1 unspecified atom stereocenters. The number of hydrogen-bond donors (Lipinski definition) is 1. The van der Waals surface area contributed by atoms with Gasteiger partial charge in [-0.15, -0.1) is 11.6 Å². The molecule has 1 radical (unpaired) electrons. The standard InChI is InChI=1S/C6H12ClO2/c1-5(8)9-6(2,3)4-7/h4-5,8H,1-3H3. The van der Waals surface area contributed by atoms with Crippen molar-refractivity contribution in [2.24, 2.45) is 0 Å². The quantitative estimate of drug-likeness (QED) is 0.620. The highest BCUT2D eigenvalue weighted by Gasteiger charge is 2.19. The zero-order chi connectivity index (χ0) is 7.49. The first-order chi connectivity index (χ1) is 3.98. The second-order valence-electron chi connectivity index (χ2n) is 2.43. The molecule has 0 bridgehead atoms. The van der Waals surface area contributed by atoms with E-state index in [2.05, 4.69) is 0 Å². The van der Waals surface area contributed by atoms with Gasteiger partial charge in [-0.1, -0.05) is 0 Å². The third-order valence-electron chi connectivity index (χ3n) is 0.737. The van der Waals surface area contributed by atoms with Crippen LogP contribution in [0.5, 0.6) is 0 Å². The Balaban J connectivity index is 3.58. The van der Waals surface area contributed by atoms with E-state index in [0.29, 0.717) is 0 Å². The van der Waals surface area contributed by atoms with Crippen molar-refractivity contribution < 1.29 is 9.84 Å². The Bertz CT molecular complexity index is 81.1. The molecule has 9 heavy (non-hydrogen) atoms. The maximum absolute atomic E-state index is 8.72. The van der Waals surface area contributed by atoms with Crippen LogP contribution in [-0.2, 0) is 4.74 Å². The fourth-order valence-electron chi connectivity index (χ4n) is 0.465. The van der Waals surface area contributed by atoms with Crippen molar-refractivity contribution in [1.29, 1.82) is 0 Å². The average molecular weight is 152 g/mol. The lowest BCUT2D eigenvalue weighted by atomic mass is 10.2. The van der Waals surface area contributed by atoms with Crippen molar-refractivity contribution >= 4 is 11.6 Å². The predicted molar refractivity (Wildman–Crippen MR) is 37.0 cm³/mol. The van der Waals surface area contributed by atoms with E-state index in [9.17, 15) is 0 Å². The summed E-state index contributed by atoms with van der Waals surface area (Å²) < 4.78 is 4.95. The summed E-state index contributed by atoms with van der Waals surface area (Å²) in [6.45, 7) is 5.08. The van der Waals surface area contributed by atoms with Crippen molar-refractivity contribution in [2.45, 2.75) is 32.7 Å². The Morgan fingerprint density at radius 1 is 1.67 bits per heavy atom. The van der Waals surface area contributed by atoms with Crippen molar-refractivity contribution in [1.82, 2.24) is 0 Å². The molecule has 0 aliphatic carbocycles. The fraction of sp³-hybridized carbons (Fsp3) is 0.833. The van der Waals surface area contributed by atoms with Gasteiger partial charge >= 0.3 is 0 Å². The predicted octanol–water partition coefficient (Wildman–Crippen LogP) is 1.52. The van der Waals surface area contributed by atoms with Crippen molar-refractivity contribution in [2.75, 3.05) is 0 Å². The van der Waals surface area contributed by atoms with Crippen molar-refractivity contribution in [3.8, 4) is 0 Å². The Labute approximate surface area is 60.8 Å². The normalized spacial score (nSPS) is 15.7. The number of ether oxygens (including phenoxy) is 1. The summed E-state index contributed by atoms with van der Waals surface area (Å²) in [7, 11) is 0. The maximum atomic E-state index is 8.72. The molecule has 3 heteroatoms. The largest absolute Gasteiger partial charge is 0.368 e. The first kappa shape index (κ1) is 9.21. The second kappa shape index (κ2) is 3.40. The van der Waals surface area contributed by atoms with Crippen LogP contribution in [0.4, 0.5) is 0 Å². The Kier molecular flexibility index (Phi) is 3.48. The van der Waals surface area contributed by atoms with E-state index >= 15 is 0 Å². The summed E-state index contributed by atoms with van der Waals surface area (Å²) >= 11 is 5.38. The van der Waals surface area contributed by atoms with Crippen LogP contribution in [0.15, 0.2) is 0 Å². The molecule has 2 nitrogen and oxygen atoms in total. The van der Waals surface area contributed by atoms with Crippen LogP contribution in [-0.4, -0.2) is 17.0 Å². The summed E-state index contributed by atoms with van der Waals surface area (Å²) in [5.74, 6) is 1.37. The lowest BCUT2D eigenvalue weighted by Crippen LogP contribution is -2.27. The molecule has 0 aliphatic rings. The van der Waals surface area contributed by atoms with Gasteiger partial charge in [0.15, 0.2) is 6.29 Å². The number of aliphatic hydroxyl groups is 1. The lowest BCUT2D eigenvalue weighted by Gasteiger charge is -2.23. The SMILES string of the molecule is CC(O)OC(C)(C)[CH]Cl. The minimum Gasteiger partial charge on any atom is -0.368 e. The summed E-state index contributed by atoms with van der Waals surface area (Å²) in [5.41, 5.74) is -0.546. The Morgan fingerprint density at radius 3 is 2.22 bits per heavy atom. The molecule has 1 N–H and O–H groups in total. The second-order valence-corrected chi connectivity index (χ2v) is 2.65. The minimum atomic E-state index is -0.769. The molecule has 0 aliphatic heterocycles. The Morgan fingerprint density at radius 2 is 2.11 bits per heavy atom. The highest BCUT2D eigenvalue weighted by atomic mass is 35.5. The van der Waals surface area contributed by atoms with E-state index in [-0.39, 0.29) is 0 Å². The average Bonchev–Trinajstić information content (AvgIpc) is 1.63. The van der Waals surface area contributed by atoms with Crippen molar-refractivity contribution in [3.05, 3.63) is 5.88 Å². The Hall–Kier alpha value is 0.210. The molecular weight excluding hydrogens is 140 g/mol. The monoisotopic (exact) mass is 151 g/mol. The van der Waals surface area contributed by atoms with Gasteiger partial charge in [0.2, 0.25) is 0 Å². The highest BCUT2D eigenvalue weighted by Crippen LogP contribution is 2.16. The molecule has 0 heterocycles. The summed E-state index contributed by atoms with van der Waals surface area (Å²) in [4.78, 5) is 0. The number of hydrogen-bond acceptors (Lipinski definition) is 2. The van der Waals surface area contributed by atoms with Gasteiger partial charge in [-0.2, -0.15) is 0 Å². The van der Waals surface area contributed by atoms with Crippen LogP contribution in [0, 0.1) is 5.88 Å². The third kappa shape index (κ3) is 4.70. The van der Waals surface area contributed by atoms with Crippen LogP contribution < -0.4 is 0 Å². The van der Waals surface area contributed by atoms with Gasteiger partial charge < -0.3 is 9.84 Å². The molecular formula is C6H12ClO2. The van der Waals surface area contributed by atoms with Gasteiger partial charge in [-0.05, 0) is 20.8 Å². The molecule has 0 fully saturated rings. The van der Waals surface area contributed by atoms with Crippen LogP contribution >= 0.6 is 11.6 Å². The van der Waals surface area contributed by atoms with Gasteiger partial charge in [0.05, 0.1) is 11.5 Å². The van der Waals surface area contributed by atoms with E-state index < -0.39 is 11.9 Å². The molecule has 0 aromatic heterocycles. The molecule has 0 spiro atoms. The molecule has 0 saturated heterocycles. The van der Waals surface area contributed by atoms with E-state index in [1.807, 2.05) is 0 Å². The molecule has 55 valence electrons. The van der Waals surface area contributed by atoms with E-state index in [4.69, 9.17) is 21.4 Å². The van der Waals surface area contributed by atoms with Gasteiger partial charge in [0.1, 0.15) is 0 Å². The first-order valence-electron chi connectivity index (χ1n) is 2.78. The summed E-state index contributed by atoms with van der Waals surface area (Å²) in [6.07, 6.45) is -0.769. The number of rotatable bonds is 3. The zero-order valence-corrected chi connectivity index (χ0v) is 6.64. The zero-order valence-electron chi connectivity index (χ0n) is 5.89. The summed E-state index contributed by atoms with van der Waals surface area (Å²) in [5, 5.41) is 8.72. The molecule has 0 amide bonds. The van der Waals surface area contributed by atoms with Crippen LogP contribution in [0.1, 0.15) is 20.8 Å². The lowest BCUT2D eigenvalue weighted by molar-refractivity contribution is -0.145.